The molecular formula is C15H20O. The van der Waals surface area contributed by atoms with Crippen LogP contribution in [0.2, 0.25) is 0 Å². The van der Waals surface area contributed by atoms with Crippen LogP contribution in [0.4, 0.5) is 0 Å². The number of benzene rings is 1. The second-order valence-corrected chi connectivity index (χ2v) is 5.69. The van der Waals surface area contributed by atoms with Gasteiger partial charge < -0.3 is 5.11 Å². The van der Waals surface area contributed by atoms with Crippen LogP contribution in [0.3, 0.4) is 0 Å². The summed E-state index contributed by atoms with van der Waals surface area (Å²) in [6.07, 6.45) is 4.72. The van der Waals surface area contributed by atoms with E-state index in [9.17, 15) is 5.11 Å². The molecule has 3 unspecified atom stereocenters. The monoisotopic (exact) mass is 216 g/mol. The van der Waals surface area contributed by atoms with E-state index < -0.39 is 0 Å². The summed E-state index contributed by atoms with van der Waals surface area (Å²) in [4.78, 5) is 0. The molecule has 0 heterocycles. The number of hydrogen-bond acceptors (Lipinski definition) is 1. The predicted molar refractivity (Wildman–Crippen MR) is 65.2 cm³/mol. The highest BCUT2D eigenvalue weighted by Gasteiger charge is 2.47. The van der Waals surface area contributed by atoms with Gasteiger partial charge in [-0.15, -0.1) is 0 Å². The van der Waals surface area contributed by atoms with Crippen LogP contribution in [0.5, 0.6) is 0 Å². The molecule has 2 saturated carbocycles. The minimum absolute atomic E-state index is 0.117. The van der Waals surface area contributed by atoms with Crippen molar-refractivity contribution in [2.24, 2.45) is 17.8 Å². The molecule has 16 heavy (non-hydrogen) atoms. The number of aliphatic hydroxyl groups excluding tert-OH is 1. The zero-order chi connectivity index (χ0) is 11.1. The lowest BCUT2D eigenvalue weighted by Crippen LogP contribution is -2.22. The lowest BCUT2D eigenvalue weighted by molar-refractivity contribution is 0.104. The van der Waals surface area contributed by atoms with Gasteiger partial charge >= 0.3 is 0 Å². The Hall–Kier alpha value is -0.820. The smallest absolute Gasteiger partial charge is 0.0609 e. The number of aryl methyl sites for hydroxylation is 1. The second kappa shape index (κ2) is 3.89. The fourth-order valence-electron chi connectivity index (χ4n) is 3.31. The molecule has 0 aliphatic heterocycles. The molecule has 2 aliphatic carbocycles. The lowest BCUT2D eigenvalue weighted by atomic mass is 9.91. The summed E-state index contributed by atoms with van der Waals surface area (Å²) in [5.74, 6) is 2.51. The first-order chi connectivity index (χ1) is 7.74. The van der Waals surface area contributed by atoms with E-state index >= 15 is 0 Å². The Bertz CT molecular complexity index is 375. The zero-order valence-electron chi connectivity index (χ0n) is 9.89. The predicted octanol–water partition coefficient (Wildman–Crippen LogP) is 2.94. The number of fused-ring (bicyclic) bond motifs is 1. The van der Waals surface area contributed by atoms with Gasteiger partial charge in [0.2, 0.25) is 0 Å². The van der Waals surface area contributed by atoms with Crippen molar-refractivity contribution < 1.29 is 5.11 Å². The van der Waals surface area contributed by atoms with Crippen molar-refractivity contribution in [3.05, 3.63) is 35.4 Å². The summed E-state index contributed by atoms with van der Waals surface area (Å²) in [5.41, 5.74) is 2.63. The molecule has 1 heteroatoms. The van der Waals surface area contributed by atoms with Crippen molar-refractivity contribution in [2.75, 3.05) is 0 Å². The van der Waals surface area contributed by atoms with Gasteiger partial charge in [0, 0.05) is 0 Å². The zero-order valence-corrected chi connectivity index (χ0v) is 9.89. The maximum absolute atomic E-state index is 10.3. The van der Waals surface area contributed by atoms with E-state index in [1.807, 2.05) is 0 Å². The SMILES string of the molecule is Cc1ccccc1CC(O)C1CC2CC2C1. The molecule has 1 N–H and O–H groups in total. The molecule has 3 rings (SSSR count). The molecule has 0 aromatic heterocycles. The van der Waals surface area contributed by atoms with Gasteiger partial charge in [-0.25, -0.2) is 0 Å². The molecule has 0 saturated heterocycles. The summed E-state index contributed by atoms with van der Waals surface area (Å²) < 4.78 is 0. The van der Waals surface area contributed by atoms with E-state index in [0.29, 0.717) is 5.92 Å². The quantitative estimate of drug-likeness (QED) is 0.823. The molecule has 0 bridgehead atoms. The Morgan fingerprint density at radius 1 is 1.19 bits per heavy atom. The second-order valence-electron chi connectivity index (χ2n) is 5.69. The van der Waals surface area contributed by atoms with Gasteiger partial charge in [-0.3, -0.25) is 0 Å². The Kier molecular flexibility index (Phi) is 2.51. The molecule has 1 aromatic carbocycles. The molecule has 1 aromatic rings. The van der Waals surface area contributed by atoms with Gasteiger partial charge in [0.25, 0.3) is 0 Å². The third-order valence-corrected chi connectivity index (χ3v) is 4.51. The van der Waals surface area contributed by atoms with Crippen LogP contribution in [0.25, 0.3) is 0 Å². The van der Waals surface area contributed by atoms with Gasteiger partial charge in [-0.2, -0.15) is 0 Å². The average molecular weight is 216 g/mol. The molecule has 2 aliphatic rings. The first kappa shape index (κ1) is 10.3. The molecule has 3 atom stereocenters. The first-order valence-corrected chi connectivity index (χ1v) is 6.46. The first-order valence-electron chi connectivity index (χ1n) is 6.46. The average Bonchev–Trinajstić information content (AvgIpc) is 2.89. The minimum atomic E-state index is -0.117. The molecule has 86 valence electrons. The molecular weight excluding hydrogens is 196 g/mol. The van der Waals surface area contributed by atoms with Gasteiger partial charge in [0.1, 0.15) is 0 Å². The van der Waals surface area contributed by atoms with Crippen LogP contribution in [0.1, 0.15) is 30.4 Å². The van der Waals surface area contributed by atoms with Gasteiger partial charge in [0.05, 0.1) is 6.10 Å². The van der Waals surface area contributed by atoms with Crippen molar-refractivity contribution in [3.63, 3.8) is 0 Å². The highest BCUT2D eigenvalue weighted by atomic mass is 16.3. The van der Waals surface area contributed by atoms with E-state index in [1.54, 1.807) is 0 Å². The van der Waals surface area contributed by atoms with Crippen molar-refractivity contribution in [1.82, 2.24) is 0 Å². The minimum Gasteiger partial charge on any atom is -0.392 e. The Balaban J connectivity index is 1.64. The van der Waals surface area contributed by atoms with Gasteiger partial charge in [0.15, 0.2) is 0 Å². The largest absolute Gasteiger partial charge is 0.392 e. The van der Waals surface area contributed by atoms with Crippen LogP contribution in [0, 0.1) is 24.7 Å². The molecule has 0 spiro atoms. The van der Waals surface area contributed by atoms with Crippen molar-refractivity contribution in [2.45, 2.75) is 38.7 Å². The standard InChI is InChI=1S/C15H20O/c1-10-4-2-3-5-11(10)9-15(16)14-7-12-6-13(12)8-14/h2-5,12-16H,6-9H2,1H3. The highest BCUT2D eigenvalue weighted by Crippen LogP contribution is 2.55. The fraction of sp³-hybridized carbons (Fsp3) is 0.600. The summed E-state index contributed by atoms with van der Waals surface area (Å²) in [6, 6.07) is 8.42. The summed E-state index contributed by atoms with van der Waals surface area (Å²) in [7, 11) is 0. The molecule has 1 nitrogen and oxygen atoms in total. The summed E-state index contributed by atoms with van der Waals surface area (Å²) in [5, 5.41) is 10.3. The Morgan fingerprint density at radius 2 is 1.88 bits per heavy atom. The Labute approximate surface area is 97.5 Å². The van der Waals surface area contributed by atoms with Crippen LogP contribution >= 0.6 is 0 Å². The number of aliphatic hydroxyl groups is 1. The molecule has 2 fully saturated rings. The van der Waals surface area contributed by atoms with Gasteiger partial charge in [-0.1, -0.05) is 24.3 Å². The van der Waals surface area contributed by atoms with Crippen LogP contribution in [-0.2, 0) is 6.42 Å². The van der Waals surface area contributed by atoms with E-state index in [1.165, 1.54) is 30.4 Å². The van der Waals surface area contributed by atoms with E-state index in [4.69, 9.17) is 0 Å². The van der Waals surface area contributed by atoms with Gasteiger partial charge in [-0.05, 0) is 61.5 Å². The van der Waals surface area contributed by atoms with Crippen LogP contribution < -0.4 is 0 Å². The van der Waals surface area contributed by atoms with Crippen molar-refractivity contribution >= 4 is 0 Å². The van der Waals surface area contributed by atoms with E-state index in [-0.39, 0.29) is 6.10 Å². The maximum atomic E-state index is 10.3. The van der Waals surface area contributed by atoms with Crippen LogP contribution in [-0.4, -0.2) is 11.2 Å². The highest BCUT2D eigenvalue weighted by molar-refractivity contribution is 5.26. The third kappa shape index (κ3) is 1.89. The Morgan fingerprint density at radius 3 is 2.56 bits per heavy atom. The summed E-state index contributed by atoms with van der Waals surface area (Å²) in [6.45, 7) is 2.13. The van der Waals surface area contributed by atoms with E-state index in [0.717, 1.165) is 18.3 Å². The number of rotatable bonds is 3. The third-order valence-electron chi connectivity index (χ3n) is 4.51. The van der Waals surface area contributed by atoms with Crippen molar-refractivity contribution in [1.29, 1.82) is 0 Å². The maximum Gasteiger partial charge on any atom is 0.0609 e. The van der Waals surface area contributed by atoms with Crippen molar-refractivity contribution in [3.8, 4) is 0 Å². The normalized spacial score (nSPS) is 33.5. The lowest BCUT2D eigenvalue weighted by Gasteiger charge is -2.20. The molecule has 0 radical (unpaired) electrons. The summed E-state index contributed by atoms with van der Waals surface area (Å²) >= 11 is 0. The number of hydrogen-bond donors (Lipinski definition) is 1. The fourth-order valence-corrected chi connectivity index (χ4v) is 3.31. The van der Waals surface area contributed by atoms with Crippen LogP contribution in [0.15, 0.2) is 24.3 Å². The molecule has 0 amide bonds. The van der Waals surface area contributed by atoms with E-state index in [2.05, 4.69) is 31.2 Å². The topological polar surface area (TPSA) is 20.2 Å².